The first kappa shape index (κ1) is 21.3. The number of rotatable bonds is 3. The summed E-state index contributed by atoms with van der Waals surface area (Å²) in [5, 5.41) is 2.02. The molecule has 0 saturated carbocycles. The van der Waals surface area contributed by atoms with Crippen molar-refractivity contribution in [2.75, 3.05) is 0 Å². The number of hydrogen-bond acceptors (Lipinski definition) is 2. The topological polar surface area (TPSA) is 49.4 Å². The van der Waals surface area contributed by atoms with Crippen molar-refractivity contribution < 1.29 is 9.59 Å². The maximum absolute atomic E-state index is 13.1. The molecular weight excluding hydrogens is 383 g/mol. The lowest BCUT2D eigenvalue weighted by atomic mass is 9.87. The Morgan fingerprint density at radius 2 is 1.52 bits per heavy atom. The second-order valence-corrected chi connectivity index (χ2v) is 8.47. The number of hydrazine groups is 1. The molecule has 0 heterocycles. The van der Waals surface area contributed by atoms with Gasteiger partial charge in [0.05, 0.1) is 16.1 Å². The molecule has 0 spiro atoms. The van der Waals surface area contributed by atoms with E-state index in [0.717, 1.165) is 5.56 Å². The molecular formula is C21H24Cl2N2O2. The summed E-state index contributed by atoms with van der Waals surface area (Å²) in [5.74, 6) is -0.698. The lowest BCUT2D eigenvalue weighted by molar-refractivity contribution is 0.0337. The number of carbonyl (C=O) groups is 2. The molecule has 2 rings (SSSR count). The van der Waals surface area contributed by atoms with Crippen LogP contribution in [-0.2, 0) is 0 Å². The lowest BCUT2D eigenvalue weighted by Crippen LogP contribution is -2.55. The van der Waals surface area contributed by atoms with E-state index in [1.807, 2.05) is 46.8 Å². The first-order valence-electron chi connectivity index (χ1n) is 8.67. The van der Waals surface area contributed by atoms with Crippen LogP contribution in [-0.4, -0.2) is 22.9 Å². The van der Waals surface area contributed by atoms with Gasteiger partial charge in [-0.15, -0.1) is 0 Å². The second-order valence-electron chi connectivity index (χ2n) is 7.65. The first-order valence-corrected chi connectivity index (χ1v) is 9.42. The highest BCUT2D eigenvalue weighted by atomic mass is 35.5. The van der Waals surface area contributed by atoms with E-state index in [1.54, 1.807) is 24.3 Å². The zero-order valence-electron chi connectivity index (χ0n) is 16.1. The summed E-state index contributed by atoms with van der Waals surface area (Å²) >= 11 is 12.0. The van der Waals surface area contributed by atoms with E-state index >= 15 is 0 Å². The van der Waals surface area contributed by atoms with Crippen LogP contribution in [0.2, 0.25) is 10.0 Å². The normalized spacial score (nSPS) is 12.4. The van der Waals surface area contributed by atoms with Gasteiger partial charge < -0.3 is 0 Å². The molecule has 4 nitrogen and oxygen atoms in total. The molecule has 0 aliphatic heterocycles. The molecule has 2 amide bonds. The zero-order valence-corrected chi connectivity index (χ0v) is 17.7. The van der Waals surface area contributed by atoms with Crippen molar-refractivity contribution in [1.29, 1.82) is 0 Å². The van der Waals surface area contributed by atoms with Crippen LogP contribution in [0.25, 0.3) is 0 Å². The Morgan fingerprint density at radius 3 is 2.04 bits per heavy atom. The Balaban J connectivity index is 2.35. The SMILES string of the molecule is Cc1ccc(C(=O)NN(C(=O)c2ccc(Cl)c(Cl)c2)C(C)C(C)(C)C)cc1. The minimum atomic E-state index is -0.351. The molecule has 27 heavy (non-hydrogen) atoms. The van der Waals surface area contributed by atoms with Gasteiger partial charge in [0.1, 0.15) is 0 Å². The Bertz CT molecular complexity index is 842. The standard InChI is InChI=1S/C21H24Cl2N2O2/c1-13-6-8-15(9-7-13)19(26)24-25(14(2)21(3,4)5)20(27)16-10-11-17(22)18(23)12-16/h6-12,14H,1-5H3,(H,24,26). The summed E-state index contributed by atoms with van der Waals surface area (Å²) in [6, 6.07) is 11.6. The molecule has 2 aromatic carbocycles. The van der Waals surface area contributed by atoms with Gasteiger partial charge in [0.25, 0.3) is 11.8 Å². The summed E-state index contributed by atoms with van der Waals surface area (Å²) in [5.41, 5.74) is 4.39. The third kappa shape index (κ3) is 5.24. The van der Waals surface area contributed by atoms with Crippen LogP contribution in [0.5, 0.6) is 0 Å². The number of aryl methyl sites for hydroxylation is 1. The van der Waals surface area contributed by atoms with Gasteiger partial charge in [0, 0.05) is 11.1 Å². The number of benzene rings is 2. The fourth-order valence-electron chi connectivity index (χ4n) is 2.36. The van der Waals surface area contributed by atoms with Crippen molar-refractivity contribution in [3.05, 3.63) is 69.2 Å². The number of nitrogens with one attached hydrogen (secondary N) is 1. The fraction of sp³-hybridized carbons (Fsp3) is 0.333. The van der Waals surface area contributed by atoms with Crippen LogP contribution in [0.1, 0.15) is 54.0 Å². The van der Waals surface area contributed by atoms with E-state index in [9.17, 15) is 9.59 Å². The average Bonchev–Trinajstić information content (AvgIpc) is 2.60. The molecule has 2 aromatic rings. The number of amides is 2. The van der Waals surface area contributed by atoms with Gasteiger partial charge in [-0.05, 0) is 49.6 Å². The third-order valence-corrected chi connectivity index (χ3v) is 5.30. The van der Waals surface area contributed by atoms with Crippen molar-refractivity contribution >= 4 is 35.0 Å². The fourth-order valence-corrected chi connectivity index (χ4v) is 2.66. The van der Waals surface area contributed by atoms with Gasteiger partial charge in [-0.25, -0.2) is 5.01 Å². The number of hydrogen-bond donors (Lipinski definition) is 1. The average molecular weight is 407 g/mol. The van der Waals surface area contributed by atoms with Crippen molar-refractivity contribution in [3.8, 4) is 0 Å². The van der Waals surface area contributed by atoms with E-state index in [0.29, 0.717) is 16.1 Å². The monoisotopic (exact) mass is 406 g/mol. The van der Waals surface area contributed by atoms with Gasteiger partial charge >= 0.3 is 0 Å². The minimum absolute atomic E-state index is 0.258. The molecule has 1 unspecified atom stereocenters. The van der Waals surface area contributed by atoms with Gasteiger partial charge in [0.2, 0.25) is 0 Å². The Hall–Kier alpha value is -2.04. The summed E-state index contributed by atoms with van der Waals surface area (Å²) in [4.78, 5) is 25.8. The highest BCUT2D eigenvalue weighted by Crippen LogP contribution is 2.27. The van der Waals surface area contributed by atoms with Gasteiger partial charge in [0.15, 0.2) is 0 Å². The molecule has 0 saturated heterocycles. The quantitative estimate of drug-likeness (QED) is 0.681. The molecule has 0 fully saturated rings. The molecule has 144 valence electrons. The largest absolute Gasteiger partial charge is 0.272 e. The third-order valence-electron chi connectivity index (χ3n) is 4.56. The lowest BCUT2D eigenvalue weighted by Gasteiger charge is -2.37. The van der Waals surface area contributed by atoms with Crippen molar-refractivity contribution in [2.24, 2.45) is 5.41 Å². The molecule has 0 aliphatic rings. The first-order chi connectivity index (χ1) is 12.5. The van der Waals surface area contributed by atoms with Gasteiger partial charge in [-0.2, -0.15) is 0 Å². The number of carbonyl (C=O) groups excluding carboxylic acids is 2. The minimum Gasteiger partial charge on any atom is -0.267 e. The number of nitrogens with zero attached hydrogens (tertiary/aromatic N) is 1. The zero-order chi connectivity index (χ0) is 20.4. The van der Waals surface area contributed by atoms with Crippen molar-refractivity contribution in [1.82, 2.24) is 10.4 Å². The van der Waals surface area contributed by atoms with Gasteiger partial charge in [-0.1, -0.05) is 61.7 Å². The van der Waals surface area contributed by atoms with E-state index in [4.69, 9.17) is 23.2 Å². The van der Waals surface area contributed by atoms with E-state index in [1.165, 1.54) is 11.1 Å². The van der Waals surface area contributed by atoms with E-state index in [2.05, 4.69) is 5.43 Å². The van der Waals surface area contributed by atoms with Crippen LogP contribution in [0.15, 0.2) is 42.5 Å². The van der Waals surface area contributed by atoms with Crippen LogP contribution in [0.4, 0.5) is 0 Å². The maximum Gasteiger partial charge on any atom is 0.272 e. The Morgan fingerprint density at radius 1 is 0.963 bits per heavy atom. The molecule has 6 heteroatoms. The molecule has 1 atom stereocenters. The van der Waals surface area contributed by atoms with E-state index in [-0.39, 0.29) is 28.3 Å². The summed E-state index contributed by atoms with van der Waals surface area (Å²) in [7, 11) is 0. The molecule has 0 aromatic heterocycles. The summed E-state index contributed by atoms with van der Waals surface area (Å²) in [6.45, 7) is 9.86. The van der Waals surface area contributed by atoms with Crippen LogP contribution >= 0.6 is 23.2 Å². The highest BCUT2D eigenvalue weighted by Gasteiger charge is 2.32. The Labute approximate surface area is 170 Å². The smallest absolute Gasteiger partial charge is 0.267 e. The van der Waals surface area contributed by atoms with Gasteiger partial charge in [-0.3, -0.25) is 15.0 Å². The summed E-state index contributed by atoms with van der Waals surface area (Å²) in [6.07, 6.45) is 0. The molecule has 1 N–H and O–H groups in total. The Kier molecular flexibility index (Phi) is 6.55. The van der Waals surface area contributed by atoms with Crippen LogP contribution in [0.3, 0.4) is 0 Å². The predicted octanol–water partition coefficient (Wildman–Crippen LogP) is 5.52. The van der Waals surface area contributed by atoms with Crippen LogP contribution in [0, 0.1) is 12.3 Å². The summed E-state index contributed by atoms with van der Waals surface area (Å²) < 4.78 is 0. The number of halogens is 2. The van der Waals surface area contributed by atoms with E-state index < -0.39 is 0 Å². The predicted molar refractivity (Wildman–Crippen MR) is 110 cm³/mol. The maximum atomic E-state index is 13.1. The molecule has 0 radical (unpaired) electrons. The van der Waals surface area contributed by atoms with Crippen molar-refractivity contribution in [3.63, 3.8) is 0 Å². The molecule has 0 aliphatic carbocycles. The van der Waals surface area contributed by atoms with Crippen molar-refractivity contribution in [2.45, 2.75) is 40.7 Å². The molecule has 0 bridgehead atoms. The second kappa shape index (κ2) is 8.32. The highest BCUT2D eigenvalue weighted by molar-refractivity contribution is 6.42. The van der Waals surface area contributed by atoms with Crippen LogP contribution < -0.4 is 5.43 Å².